The summed E-state index contributed by atoms with van der Waals surface area (Å²) in [5.74, 6) is -1.18. The molecule has 1 aromatic carbocycles. The highest BCUT2D eigenvalue weighted by atomic mass is 16.4. The van der Waals surface area contributed by atoms with E-state index in [4.69, 9.17) is 16.6 Å². The van der Waals surface area contributed by atoms with Crippen LogP contribution in [0.3, 0.4) is 0 Å². The second-order valence-corrected chi connectivity index (χ2v) is 6.92. The third kappa shape index (κ3) is 9.98. The average molecular weight is 486 g/mol. The van der Waals surface area contributed by atoms with Crippen LogP contribution in [0.4, 0.5) is 11.6 Å². The van der Waals surface area contributed by atoms with Crippen molar-refractivity contribution >= 4 is 40.5 Å². The minimum Gasteiger partial charge on any atom is -0.481 e. The van der Waals surface area contributed by atoms with Crippen LogP contribution in [0.25, 0.3) is 11.2 Å². The van der Waals surface area contributed by atoms with Crippen molar-refractivity contribution < 1.29 is 19.5 Å². The lowest BCUT2D eigenvalue weighted by Gasteiger charge is -2.06. The van der Waals surface area contributed by atoms with Gasteiger partial charge >= 0.3 is 5.97 Å². The lowest BCUT2D eigenvalue weighted by Crippen LogP contribution is -2.15. The number of rotatable bonds is 9. The summed E-state index contributed by atoms with van der Waals surface area (Å²) < 4.78 is 0. The molecule has 0 radical (unpaired) electrons. The number of carbonyl (C=O) groups is 3. The molecule has 0 aliphatic rings. The zero-order valence-corrected chi connectivity index (χ0v) is 20.0. The first-order chi connectivity index (χ1) is 16.7. The lowest BCUT2D eigenvalue weighted by atomic mass is 10.1. The Morgan fingerprint density at radius 2 is 1.74 bits per heavy atom. The third-order valence-electron chi connectivity index (χ3n) is 4.37. The Morgan fingerprint density at radius 1 is 1.09 bits per heavy atom. The lowest BCUT2D eigenvalue weighted by molar-refractivity contribution is -0.137. The molecule has 0 bridgehead atoms. The first-order valence-corrected chi connectivity index (χ1v) is 11.1. The predicted molar refractivity (Wildman–Crippen MR) is 133 cm³/mol. The number of hydrogen-bond acceptors (Lipinski definition) is 9. The number of aromatic nitrogens is 4. The highest BCUT2D eigenvalue weighted by Gasteiger charge is 2.07. The molecular formula is C23H31N7O5. The van der Waals surface area contributed by atoms with Gasteiger partial charge in [-0.1, -0.05) is 20.8 Å². The molecular weight excluding hydrogens is 454 g/mol. The number of ketones is 1. The van der Waals surface area contributed by atoms with Crippen LogP contribution in [0.2, 0.25) is 0 Å². The zero-order chi connectivity index (χ0) is 26.4. The van der Waals surface area contributed by atoms with Crippen molar-refractivity contribution in [3.05, 3.63) is 52.1 Å². The molecule has 0 aliphatic carbocycles. The highest BCUT2D eigenvalue weighted by Crippen LogP contribution is 2.11. The number of fused-ring (bicyclic) bond motifs is 1. The number of nitrogen functional groups attached to an aromatic ring is 1. The van der Waals surface area contributed by atoms with Gasteiger partial charge in [0.15, 0.2) is 11.2 Å². The summed E-state index contributed by atoms with van der Waals surface area (Å²) in [4.78, 5) is 57.9. The fourth-order valence-electron chi connectivity index (χ4n) is 2.61. The summed E-state index contributed by atoms with van der Waals surface area (Å²) in [6, 6.07) is 6.69. The fraction of sp³-hybridized carbons (Fsp3) is 0.348. The van der Waals surface area contributed by atoms with Crippen molar-refractivity contribution in [3.63, 3.8) is 0 Å². The summed E-state index contributed by atoms with van der Waals surface area (Å²) in [7, 11) is 0. The number of benzene rings is 1. The van der Waals surface area contributed by atoms with Crippen LogP contribution in [-0.2, 0) is 16.1 Å². The van der Waals surface area contributed by atoms with E-state index in [0.717, 1.165) is 5.69 Å². The van der Waals surface area contributed by atoms with E-state index in [1.165, 1.54) is 6.20 Å². The van der Waals surface area contributed by atoms with Crippen molar-refractivity contribution in [2.45, 2.75) is 53.0 Å². The molecule has 0 saturated carbocycles. The van der Waals surface area contributed by atoms with E-state index < -0.39 is 17.4 Å². The van der Waals surface area contributed by atoms with Crippen LogP contribution in [0.5, 0.6) is 0 Å². The largest absolute Gasteiger partial charge is 0.481 e. The number of Topliss-reactive ketones (excluding diaryl/α,β-unsaturated/α-hetero) is 1. The predicted octanol–water partition coefficient (Wildman–Crippen LogP) is 2.25. The zero-order valence-electron chi connectivity index (χ0n) is 20.0. The van der Waals surface area contributed by atoms with Gasteiger partial charge in [0.05, 0.1) is 18.4 Å². The minimum absolute atomic E-state index is 0.00258. The molecule has 7 N–H and O–H groups in total. The topological polar surface area (TPSA) is 207 Å². The van der Waals surface area contributed by atoms with Gasteiger partial charge in [-0.3, -0.25) is 24.2 Å². The molecule has 12 nitrogen and oxygen atoms in total. The van der Waals surface area contributed by atoms with Crippen molar-refractivity contribution in [1.82, 2.24) is 19.9 Å². The number of aliphatic carboxylic acids is 1. The van der Waals surface area contributed by atoms with Gasteiger partial charge in [-0.2, -0.15) is 4.98 Å². The van der Waals surface area contributed by atoms with Gasteiger partial charge in [0.2, 0.25) is 11.9 Å². The maximum atomic E-state index is 11.8. The van der Waals surface area contributed by atoms with Crippen molar-refractivity contribution in [3.8, 4) is 0 Å². The number of anilines is 2. The number of nitrogens with two attached hydrogens (primary N) is 2. The van der Waals surface area contributed by atoms with Gasteiger partial charge in [-0.25, -0.2) is 9.97 Å². The van der Waals surface area contributed by atoms with Crippen LogP contribution in [0, 0.1) is 0 Å². The summed E-state index contributed by atoms with van der Waals surface area (Å²) in [5, 5.41) is 11.3. The van der Waals surface area contributed by atoms with E-state index in [9.17, 15) is 19.2 Å². The number of aromatic amines is 1. The number of carboxylic acid groups (broad SMARTS) is 1. The van der Waals surface area contributed by atoms with E-state index in [2.05, 4.69) is 25.3 Å². The minimum atomic E-state index is -0.830. The van der Waals surface area contributed by atoms with E-state index in [-0.39, 0.29) is 29.3 Å². The standard InChI is InChI=1S/C14H13N7O2.C7H12O3.C2H6/c15-11(22)7-1-3-8(4-2-7)17-5-9-6-18-12-10(19-9)13(23)21-14(16)20-12;1-2-6(8)4-3-5-7(9)10;1-2/h1-4,6,17H,5H2,(H2,15,22)(H3,16,18,20,21,23);2-5H2,1H3,(H,9,10);1-2H3. The molecule has 1 amide bonds. The van der Waals surface area contributed by atoms with Crippen molar-refractivity contribution in [2.75, 3.05) is 11.1 Å². The fourth-order valence-corrected chi connectivity index (χ4v) is 2.61. The van der Waals surface area contributed by atoms with Gasteiger partial charge in [-0.05, 0) is 30.7 Å². The number of hydrogen-bond donors (Lipinski definition) is 5. The molecule has 12 heteroatoms. The van der Waals surface area contributed by atoms with Crippen LogP contribution < -0.4 is 22.3 Å². The monoisotopic (exact) mass is 485 g/mol. The maximum absolute atomic E-state index is 11.8. The molecule has 3 rings (SSSR count). The normalized spacial score (nSPS) is 9.80. The molecule has 188 valence electrons. The van der Waals surface area contributed by atoms with Crippen molar-refractivity contribution in [2.24, 2.45) is 5.73 Å². The molecule has 0 fully saturated rings. The number of nitrogens with one attached hydrogen (secondary N) is 2. The van der Waals surface area contributed by atoms with E-state index in [1.54, 1.807) is 31.2 Å². The van der Waals surface area contributed by atoms with Gasteiger partial charge in [0.1, 0.15) is 5.78 Å². The quantitative estimate of drug-likeness (QED) is 0.298. The second-order valence-electron chi connectivity index (χ2n) is 6.92. The van der Waals surface area contributed by atoms with Crippen LogP contribution in [-0.4, -0.2) is 42.7 Å². The Bertz CT molecular complexity index is 1190. The molecule has 0 spiro atoms. The molecule has 0 aliphatic heterocycles. The second kappa shape index (κ2) is 14.7. The number of carboxylic acids is 1. The molecule has 3 aromatic rings. The number of carbonyl (C=O) groups excluding carboxylic acids is 2. The van der Waals surface area contributed by atoms with E-state index >= 15 is 0 Å². The van der Waals surface area contributed by atoms with Gasteiger partial charge in [0.25, 0.3) is 5.56 Å². The smallest absolute Gasteiger partial charge is 0.303 e. The Morgan fingerprint density at radius 3 is 2.31 bits per heavy atom. The molecule has 35 heavy (non-hydrogen) atoms. The summed E-state index contributed by atoms with van der Waals surface area (Å²) >= 11 is 0. The van der Waals surface area contributed by atoms with Gasteiger partial charge in [-0.15, -0.1) is 0 Å². The molecule has 0 unspecified atom stereocenters. The first-order valence-electron chi connectivity index (χ1n) is 11.1. The van der Waals surface area contributed by atoms with Gasteiger partial charge < -0.3 is 21.9 Å². The Labute approximate surface area is 202 Å². The van der Waals surface area contributed by atoms with Crippen LogP contribution in [0.15, 0.2) is 35.3 Å². The van der Waals surface area contributed by atoms with Crippen LogP contribution >= 0.6 is 0 Å². The number of amides is 1. The molecule has 0 atom stereocenters. The van der Waals surface area contributed by atoms with E-state index in [0.29, 0.717) is 37.1 Å². The SMILES string of the molecule is CC.CCC(=O)CCCC(=O)O.NC(=O)c1ccc(NCc2cnc3nc(N)[nH]c(=O)c3n2)cc1. The number of nitrogens with zero attached hydrogens (tertiary/aromatic N) is 3. The first kappa shape index (κ1) is 28.7. The molecule has 2 heterocycles. The Balaban J connectivity index is 0.000000433. The van der Waals surface area contributed by atoms with Crippen molar-refractivity contribution in [1.29, 1.82) is 0 Å². The Kier molecular flexibility index (Phi) is 12.1. The number of primary amides is 1. The third-order valence-corrected chi connectivity index (χ3v) is 4.37. The summed E-state index contributed by atoms with van der Waals surface area (Å²) in [6.45, 7) is 6.13. The molecule has 0 saturated heterocycles. The number of H-pyrrole nitrogens is 1. The van der Waals surface area contributed by atoms with Gasteiger partial charge in [0, 0.05) is 30.5 Å². The average Bonchev–Trinajstić information content (AvgIpc) is 2.84. The van der Waals surface area contributed by atoms with Crippen LogP contribution in [0.1, 0.15) is 62.5 Å². The summed E-state index contributed by atoms with van der Waals surface area (Å²) in [6.07, 6.45) is 3.01. The Hall–Kier alpha value is -4.35. The highest BCUT2D eigenvalue weighted by molar-refractivity contribution is 5.93. The maximum Gasteiger partial charge on any atom is 0.303 e. The summed E-state index contributed by atoms with van der Waals surface area (Å²) in [5.41, 5.74) is 12.3. The van der Waals surface area contributed by atoms with E-state index in [1.807, 2.05) is 13.8 Å². The molecule has 2 aromatic heterocycles.